The number of aliphatic imine (C=N–C) groups is 1. The van der Waals surface area contributed by atoms with Crippen LogP contribution in [-0.4, -0.2) is 25.1 Å². The highest BCUT2D eigenvalue weighted by Crippen LogP contribution is 2.52. The first-order valence-corrected chi connectivity index (χ1v) is 9.92. The van der Waals surface area contributed by atoms with E-state index in [2.05, 4.69) is 13.8 Å². The number of hydrogen-bond acceptors (Lipinski definition) is 6. The molecule has 2 unspecified atom stereocenters. The molecule has 29 heavy (non-hydrogen) atoms. The zero-order valence-corrected chi connectivity index (χ0v) is 16.4. The summed E-state index contributed by atoms with van der Waals surface area (Å²) in [5, 5.41) is 0. The zero-order valence-electron chi connectivity index (χ0n) is 16.4. The molecule has 2 atom stereocenters. The highest BCUT2D eigenvalue weighted by Gasteiger charge is 2.46. The molecule has 0 saturated heterocycles. The monoisotopic (exact) mass is 391 g/mol. The summed E-state index contributed by atoms with van der Waals surface area (Å²) in [4.78, 5) is 18.3. The molecule has 6 nitrogen and oxygen atoms in total. The lowest BCUT2D eigenvalue weighted by atomic mass is 9.63. The fraction of sp³-hybridized carbons (Fsp3) is 0.391. The predicted molar refractivity (Wildman–Crippen MR) is 106 cm³/mol. The predicted octanol–water partition coefficient (Wildman–Crippen LogP) is 4.37. The van der Waals surface area contributed by atoms with Crippen LogP contribution in [0.5, 0.6) is 23.0 Å². The maximum absolute atomic E-state index is 13.3. The van der Waals surface area contributed by atoms with E-state index in [1.54, 1.807) is 0 Å². The maximum atomic E-state index is 13.3. The normalized spacial score (nSPS) is 25.3. The first-order chi connectivity index (χ1) is 14.0. The molecular weight excluding hydrogens is 370 g/mol. The lowest BCUT2D eigenvalue weighted by Crippen LogP contribution is -2.42. The van der Waals surface area contributed by atoms with E-state index in [-0.39, 0.29) is 36.6 Å². The van der Waals surface area contributed by atoms with Gasteiger partial charge in [0, 0.05) is 24.1 Å². The molecule has 6 heteroatoms. The molecule has 1 aliphatic carbocycles. The Kier molecular flexibility index (Phi) is 3.35. The van der Waals surface area contributed by atoms with Crippen molar-refractivity contribution >= 4 is 17.2 Å². The van der Waals surface area contributed by atoms with Crippen LogP contribution in [0, 0.1) is 11.3 Å². The van der Waals surface area contributed by atoms with Crippen LogP contribution < -0.4 is 18.9 Å². The quantitative estimate of drug-likeness (QED) is 0.722. The molecule has 0 N–H and O–H groups in total. The van der Waals surface area contributed by atoms with E-state index in [1.165, 1.54) is 0 Å². The smallest absolute Gasteiger partial charge is 0.231 e. The minimum atomic E-state index is -0.267. The third-order valence-corrected chi connectivity index (χ3v) is 6.23. The molecule has 0 spiro atoms. The van der Waals surface area contributed by atoms with E-state index >= 15 is 0 Å². The molecule has 2 aromatic carbocycles. The molecule has 3 aliphatic heterocycles. The van der Waals surface area contributed by atoms with Crippen molar-refractivity contribution in [2.24, 2.45) is 16.3 Å². The highest BCUT2D eigenvalue weighted by molar-refractivity contribution is 6.11. The fourth-order valence-electron chi connectivity index (χ4n) is 5.02. The summed E-state index contributed by atoms with van der Waals surface area (Å²) in [6.07, 6.45) is 1.36. The van der Waals surface area contributed by atoms with Crippen molar-refractivity contribution in [2.75, 3.05) is 13.6 Å². The van der Waals surface area contributed by atoms with Crippen LogP contribution in [0.25, 0.3) is 0 Å². The van der Waals surface area contributed by atoms with Crippen LogP contribution in [0.15, 0.2) is 35.3 Å². The molecule has 148 valence electrons. The van der Waals surface area contributed by atoms with Crippen LogP contribution in [0.4, 0.5) is 5.69 Å². The standard InChI is InChI=1S/C23H21NO5/c1-23(2)8-15-22(16(25)9-23)21(12-3-4-17-18(5-12)27-10-26-17)13-6-19-20(29-11-28-19)7-14(13)24-15/h3-7,21-22H,8-11H2,1-2H3. The van der Waals surface area contributed by atoms with E-state index in [4.69, 9.17) is 23.9 Å². The van der Waals surface area contributed by atoms with E-state index < -0.39 is 0 Å². The van der Waals surface area contributed by atoms with Crippen molar-refractivity contribution in [1.82, 2.24) is 0 Å². The number of ketones is 1. The Morgan fingerprint density at radius 2 is 1.55 bits per heavy atom. The van der Waals surface area contributed by atoms with Gasteiger partial charge in [0.2, 0.25) is 13.6 Å². The van der Waals surface area contributed by atoms with Crippen LogP contribution in [0.1, 0.15) is 43.7 Å². The minimum Gasteiger partial charge on any atom is -0.454 e. The van der Waals surface area contributed by atoms with Gasteiger partial charge >= 0.3 is 0 Å². The van der Waals surface area contributed by atoms with Crippen LogP contribution in [0.2, 0.25) is 0 Å². The van der Waals surface area contributed by atoms with Crippen molar-refractivity contribution < 1.29 is 23.7 Å². The number of Topliss-reactive ketones (excluding diaryl/α,β-unsaturated/α-hetero) is 1. The summed E-state index contributed by atoms with van der Waals surface area (Å²) in [6.45, 7) is 4.70. The molecule has 3 heterocycles. The van der Waals surface area contributed by atoms with Gasteiger partial charge in [-0.25, -0.2) is 0 Å². The van der Waals surface area contributed by atoms with Crippen LogP contribution in [0.3, 0.4) is 0 Å². The lowest BCUT2D eigenvalue weighted by molar-refractivity contribution is -0.124. The summed E-state index contributed by atoms with van der Waals surface area (Å²) < 4.78 is 22.3. The Morgan fingerprint density at radius 1 is 0.862 bits per heavy atom. The lowest BCUT2D eigenvalue weighted by Gasteiger charge is -2.41. The van der Waals surface area contributed by atoms with Crippen molar-refractivity contribution in [3.8, 4) is 23.0 Å². The summed E-state index contributed by atoms with van der Waals surface area (Å²) in [7, 11) is 0. The number of nitrogens with zero attached hydrogens (tertiary/aromatic N) is 1. The molecule has 2 aromatic rings. The molecule has 0 aromatic heterocycles. The van der Waals surface area contributed by atoms with Gasteiger partial charge in [-0.05, 0) is 41.2 Å². The maximum Gasteiger partial charge on any atom is 0.231 e. The second-order valence-electron chi connectivity index (χ2n) is 8.92. The number of rotatable bonds is 1. The topological polar surface area (TPSA) is 66.4 Å². The Balaban J connectivity index is 1.56. The molecule has 0 bridgehead atoms. The molecule has 1 fully saturated rings. The van der Waals surface area contributed by atoms with Crippen molar-refractivity contribution in [3.05, 3.63) is 41.5 Å². The van der Waals surface area contributed by atoms with E-state index in [9.17, 15) is 4.79 Å². The second-order valence-corrected chi connectivity index (χ2v) is 8.92. The van der Waals surface area contributed by atoms with Gasteiger partial charge in [0.05, 0.1) is 11.6 Å². The molecular formula is C23H21NO5. The summed E-state index contributed by atoms with van der Waals surface area (Å²) in [6, 6.07) is 9.87. The third-order valence-electron chi connectivity index (χ3n) is 6.23. The van der Waals surface area contributed by atoms with Crippen LogP contribution in [-0.2, 0) is 4.79 Å². The fourth-order valence-corrected chi connectivity index (χ4v) is 5.02. The largest absolute Gasteiger partial charge is 0.454 e. The Labute approximate surface area is 168 Å². The Hall–Kier alpha value is -3.02. The SMILES string of the molecule is CC1(C)CC(=O)C2C(=Nc3cc4c(cc3C2c2ccc3c(c2)OCO3)OCO4)C1. The first-order valence-electron chi connectivity index (χ1n) is 9.92. The second kappa shape index (κ2) is 5.75. The van der Waals surface area contributed by atoms with Gasteiger partial charge in [0.15, 0.2) is 23.0 Å². The molecule has 0 radical (unpaired) electrons. The van der Waals surface area contributed by atoms with Crippen molar-refractivity contribution in [3.63, 3.8) is 0 Å². The Bertz CT molecular complexity index is 1090. The van der Waals surface area contributed by atoms with Gasteiger partial charge in [0.1, 0.15) is 5.78 Å². The average Bonchev–Trinajstić information content (AvgIpc) is 3.31. The van der Waals surface area contributed by atoms with Gasteiger partial charge in [-0.2, -0.15) is 0 Å². The Morgan fingerprint density at radius 3 is 2.34 bits per heavy atom. The summed E-state index contributed by atoms with van der Waals surface area (Å²) >= 11 is 0. The average molecular weight is 391 g/mol. The number of carbonyl (C=O) groups is 1. The number of benzene rings is 2. The molecule has 0 amide bonds. The van der Waals surface area contributed by atoms with Gasteiger partial charge in [-0.1, -0.05) is 19.9 Å². The first kappa shape index (κ1) is 16.9. The third kappa shape index (κ3) is 2.55. The van der Waals surface area contributed by atoms with Gasteiger partial charge in [-0.3, -0.25) is 9.79 Å². The van der Waals surface area contributed by atoms with E-state index in [0.29, 0.717) is 17.9 Å². The van der Waals surface area contributed by atoms with Crippen LogP contribution >= 0.6 is 0 Å². The number of carbonyl (C=O) groups excluding carboxylic acids is 1. The summed E-state index contributed by atoms with van der Waals surface area (Å²) in [5.41, 5.74) is 3.75. The van der Waals surface area contributed by atoms with Gasteiger partial charge in [-0.15, -0.1) is 0 Å². The number of fused-ring (bicyclic) bond motifs is 4. The summed E-state index contributed by atoms with van der Waals surface area (Å²) in [5.74, 6) is 2.71. The number of ether oxygens (including phenoxy) is 4. The van der Waals surface area contributed by atoms with E-state index in [1.807, 2.05) is 30.3 Å². The zero-order chi connectivity index (χ0) is 19.8. The molecule has 4 aliphatic rings. The molecule has 6 rings (SSSR count). The van der Waals surface area contributed by atoms with Gasteiger partial charge < -0.3 is 18.9 Å². The molecule has 1 saturated carbocycles. The number of hydrogen-bond donors (Lipinski definition) is 0. The van der Waals surface area contributed by atoms with Crippen molar-refractivity contribution in [2.45, 2.75) is 32.6 Å². The van der Waals surface area contributed by atoms with E-state index in [0.717, 1.165) is 40.4 Å². The minimum absolute atomic E-state index is 0.0836. The highest BCUT2D eigenvalue weighted by atomic mass is 16.7. The van der Waals surface area contributed by atoms with Gasteiger partial charge in [0.25, 0.3) is 0 Å². The van der Waals surface area contributed by atoms with Crippen molar-refractivity contribution in [1.29, 1.82) is 0 Å².